The second kappa shape index (κ2) is 9.57. The predicted molar refractivity (Wildman–Crippen MR) is 136 cm³/mol. The molecule has 35 heavy (non-hydrogen) atoms. The third-order valence-corrected chi connectivity index (χ3v) is 7.98. The van der Waals surface area contributed by atoms with Crippen LogP contribution < -0.4 is 10.3 Å². The van der Waals surface area contributed by atoms with E-state index in [2.05, 4.69) is 13.7 Å². The SMILES string of the molecule is CCOc1ccc2[nH]c(=O)c(CN(Cc3ccccc3)S(=O)(=O)c3cccc4nsnc34)cc2c1. The average molecular weight is 507 g/mol. The molecule has 5 aromatic rings. The number of aromatic nitrogens is 3. The van der Waals surface area contributed by atoms with Gasteiger partial charge < -0.3 is 9.72 Å². The van der Waals surface area contributed by atoms with Crippen molar-refractivity contribution < 1.29 is 13.2 Å². The number of H-pyrrole nitrogens is 1. The number of ether oxygens (including phenoxy) is 1. The van der Waals surface area contributed by atoms with Gasteiger partial charge in [0.25, 0.3) is 5.56 Å². The van der Waals surface area contributed by atoms with Crippen molar-refractivity contribution in [3.8, 4) is 5.75 Å². The molecule has 0 aliphatic heterocycles. The molecule has 178 valence electrons. The number of benzene rings is 3. The standard InChI is InChI=1S/C25H22N4O4S2/c1-2-33-20-11-12-21-18(14-20)13-19(25(30)26-21)16-29(15-17-7-4-3-5-8-17)35(31,32)23-10-6-9-22-24(23)28-34-27-22/h3-14H,2,15-16H2,1H3,(H,26,30). The summed E-state index contributed by atoms with van der Waals surface area (Å²) >= 11 is 0.962. The molecule has 0 aliphatic rings. The van der Waals surface area contributed by atoms with Crippen LogP contribution in [-0.4, -0.2) is 33.1 Å². The lowest BCUT2D eigenvalue weighted by Crippen LogP contribution is -2.32. The molecule has 10 heteroatoms. The summed E-state index contributed by atoms with van der Waals surface area (Å²) in [5.41, 5.74) is 2.28. The van der Waals surface area contributed by atoms with Crippen molar-refractivity contribution in [2.45, 2.75) is 24.9 Å². The van der Waals surface area contributed by atoms with Gasteiger partial charge in [0, 0.05) is 29.6 Å². The first-order valence-electron chi connectivity index (χ1n) is 11.0. The van der Waals surface area contributed by atoms with Crippen LogP contribution in [0.5, 0.6) is 5.75 Å². The Morgan fingerprint density at radius 2 is 1.80 bits per heavy atom. The number of sulfonamides is 1. The fraction of sp³-hybridized carbons (Fsp3) is 0.160. The number of pyridine rings is 1. The topological polar surface area (TPSA) is 105 Å². The van der Waals surface area contributed by atoms with E-state index < -0.39 is 10.0 Å². The summed E-state index contributed by atoms with van der Waals surface area (Å²) in [7, 11) is -4.02. The number of nitrogens with zero attached hydrogens (tertiary/aromatic N) is 3. The van der Waals surface area contributed by atoms with E-state index in [0.29, 0.717) is 34.5 Å². The molecule has 3 aromatic carbocycles. The van der Waals surface area contributed by atoms with Crippen LogP contribution in [-0.2, 0) is 23.1 Å². The third-order valence-electron chi connectivity index (χ3n) is 5.62. The van der Waals surface area contributed by atoms with Crippen LogP contribution >= 0.6 is 11.7 Å². The minimum absolute atomic E-state index is 0.0653. The van der Waals surface area contributed by atoms with Gasteiger partial charge in [-0.3, -0.25) is 4.79 Å². The van der Waals surface area contributed by atoms with E-state index in [-0.39, 0.29) is 23.5 Å². The number of fused-ring (bicyclic) bond motifs is 2. The van der Waals surface area contributed by atoms with Gasteiger partial charge in [-0.2, -0.15) is 13.1 Å². The largest absolute Gasteiger partial charge is 0.494 e. The highest BCUT2D eigenvalue weighted by Gasteiger charge is 2.29. The normalized spacial score (nSPS) is 11.9. The van der Waals surface area contributed by atoms with Gasteiger partial charge >= 0.3 is 0 Å². The molecule has 2 aromatic heterocycles. The zero-order valence-electron chi connectivity index (χ0n) is 18.8. The Kier molecular flexibility index (Phi) is 6.33. The molecule has 0 bridgehead atoms. The zero-order valence-corrected chi connectivity index (χ0v) is 20.5. The average Bonchev–Trinajstić information content (AvgIpc) is 3.34. The molecule has 0 fully saturated rings. The number of hydrogen-bond donors (Lipinski definition) is 1. The Labute approximate surface area is 206 Å². The van der Waals surface area contributed by atoms with E-state index >= 15 is 0 Å². The van der Waals surface area contributed by atoms with E-state index in [1.165, 1.54) is 10.4 Å². The van der Waals surface area contributed by atoms with Gasteiger partial charge in [0.1, 0.15) is 21.7 Å². The Morgan fingerprint density at radius 1 is 0.971 bits per heavy atom. The summed E-state index contributed by atoms with van der Waals surface area (Å²) in [5, 5.41) is 0.758. The fourth-order valence-corrected chi connectivity index (χ4v) is 6.09. The van der Waals surface area contributed by atoms with Gasteiger partial charge in [-0.1, -0.05) is 36.4 Å². The van der Waals surface area contributed by atoms with Crippen LogP contribution in [0.25, 0.3) is 21.9 Å². The van der Waals surface area contributed by atoms with E-state index in [0.717, 1.165) is 22.7 Å². The Morgan fingerprint density at radius 3 is 2.60 bits per heavy atom. The number of rotatable bonds is 8. The van der Waals surface area contributed by atoms with Gasteiger partial charge in [-0.25, -0.2) is 8.42 Å². The molecule has 0 atom stereocenters. The first kappa shape index (κ1) is 23.2. The molecule has 0 spiro atoms. The van der Waals surface area contributed by atoms with Crippen molar-refractivity contribution in [3.05, 3.63) is 94.3 Å². The Bertz CT molecular complexity index is 1660. The van der Waals surface area contributed by atoms with Crippen LogP contribution in [0.4, 0.5) is 0 Å². The van der Waals surface area contributed by atoms with Crippen LogP contribution in [0.2, 0.25) is 0 Å². The molecule has 0 unspecified atom stereocenters. The third kappa shape index (κ3) is 4.68. The maximum atomic E-state index is 13.9. The lowest BCUT2D eigenvalue weighted by molar-refractivity contribution is 0.340. The minimum atomic E-state index is -4.02. The quantitative estimate of drug-likeness (QED) is 0.336. The zero-order chi connectivity index (χ0) is 24.4. The highest BCUT2D eigenvalue weighted by atomic mass is 32.2. The number of hydrogen-bond acceptors (Lipinski definition) is 7. The Hall–Kier alpha value is -3.60. The number of aromatic amines is 1. The second-order valence-corrected chi connectivity index (χ2v) is 10.4. The Balaban J connectivity index is 1.60. The molecule has 0 aliphatic carbocycles. The summed E-state index contributed by atoms with van der Waals surface area (Å²) in [6, 6.07) is 21.3. The van der Waals surface area contributed by atoms with E-state index in [9.17, 15) is 13.2 Å². The summed E-state index contributed by atoms with van der Waals surface area (Å²) in [6.07, 6.45) is 0. The van der Waals surface area contributed by atoms with Crippen molar-refractivity contribution in [1.29, 1.82) is 0 Å². The predicted octanol–water partition coefficient (Wildman–Crippen LogP) is 4.32. The van der Waals surface area contributed by atoms with E-state index in [1.54, 1.807) is 30.3 Å². The molecule has 8 nitrogen and oxygen atoms in total. The molecule has 0 saturated carbocycles. The number of nitrogens with one attached hydrogen (secondary N) is 1. The van der Waals surface area contributed by atoms with Crippen LogP contribution in [0, 0.1) is 0 Å². The highest BCUT2D eigenvalue weighted by Crippen LogP contribution is 2.27. The van der Waals surface area contributed by atoms with Crippen molar-refractivity contribution >= 4 is 43.7 Å². The van der Waals surface area contributed by atoms with Crippen LogP contribution in [0.15, 0.2) is 82.5 Å². The maximum absolute atomic E-state index is 13.9. The summed E-state index contributed by atoms with van der Waals surface area (Å²) < 4.78 is 43.1. The molecular weight excluding hydrogens is 484 g/mol. The van der Waals surface area contributed by atoms with Crippen molar-refractivity contribution in [3.63, 3.8) is 0 Å². The van der Waals surface area contributed by atoms with Crippen molar-refractivity contribution in [2.75, 3.05) is 6.61 Å². The van der Waals surface area contributed by atoms with Gasteiger partial charge in [0.15, 0.2) is 0 Å². The second-order valence-electron chi connectivity index (χ2n) is 7.95. The molecule has 5 rings (SSSR count). The summed E-state index contributed by atoms with van der Waals surface area (Å²) in [6.45, 7) is 2.39. The monoisotopic (exact) mass is 506 g/mol. The summed E-state index contributed by atoms with van der Waals surface area (Å²) in [4.78, 5) is 15.9. The molecule has 0 amide bonds. The van der Waals surface area contributed by atoms with Gasteiger partial charge in [-0.05, 0) is 48.9 Å². The molecule has 2 heterocycles. The van der Waals surface area contributed by atoms with Crippen LogP contribution in [0.3, 0.4) is 0 Å². The molecule has 0 radical (unpaired) electrons. The van der Waals surface area contributed by atoms with Gasteiger partial charge in [0.05, 0.1) is 18.3 Å². The molecule has 0 saturated heterocycles. The summed E-state index contributed by atoms with van der Waals surface area (Å²) in [5.74, 6) is 0.675. The lowest BCUT2D eigenvalue weighted by Gasteiger charge is -2.22. The first-order valence-corrected chi connectivity index (χ1v) is 13.2. The smallest absolute Gasteiger partial charge is 0.252 e. The van der Waals surface area contributed by atoms with E-state index in [4.69, 9.17) is 4.74 Å². The van der Waals surface area contributed by atoms with Gasteiger partial charge in [-0.15, -0.1) is 0 Å². The minimum Gasteiger partial charge on any atom is -0.494 e. The van der Waals surface area contributed by atoms with Crippen LogP contribution in [0.1, 0.15) is 18.1 Å². The fourth-order valence-electron chi connectivity index (χ4n) is 3.94. The van der Waals surface area contributed by atoms with E-state index in [1.807, 2.05) is 43.3 Å². The maximum Gasteiger partial charge on any atom is 0.252 e. The highest BCUT2D eigenvalue weighted by molar-refractivity contribution is 7.89. The lowest BCUT2D eigenvalue weighted by atomic mass is 10.1. The van der Waals surface area contributed by atoms with Gasteiger partial charge in [0.2, 0.25) is 10.0 Å². The molecular formula is C25H22N4O4S2. The first-order chi connectivity index (χ1) is 17.0. The van der Waals surface area contributed by atoms with Crippen molar-refractivity contribution in [1.82, 2.24) is 18.0 Å². The molecule has 1 N–H and O–H groups in total. The van der Waals surface area contributed by atoms with Crippen molar-refractivity contribution in [2.24, 2.45) is 0 Å².